The van der Waals surface area contributed by atoms with Crippen molar-refractivity contribution < 1.29 is 19.4 Å². The lowest BCUT2D eigenvalue weighted by atomic mass is 10.1. The van der Waals surface area contributed by atoms with Gasteiger partial charge in [0.1, 0.15) is 18.5 Å². The van der Waals surface area contributed by atoms with Crippen molar-refractivity contribution in [1.82, 2.24) is 15.2 Å². The lowest BCUT2D eigenvalue weighted by Gasteiger charge is -2.24. The fraction of sp³-hybridized carbons (Fsp3) is 0.519. The Morgan fingerprint density at radius 2 is 1.97 bits per heavy atom. The number of alkyl carbamates (subject to hydrolysis) is 1. The number of hydrogen-bond acceptors (Lipinski definition) is 6. The SMILES string of the molecule is O=C(NC(CCN(CCCCc1ccc2c(n1)NCCC2)C1CC1)C(=O)O)OCc1ccc(Cl)cc1. The number of amides is 1. The molecule has 1 aromatic carbocycles. The van der Waals surface area contributed by atoms with Crippen LogP contribution in [0.5, 0.6) is 0 Å². The number of aryl methyl sites for hydroxylation is 2. The average molecular weight is 515 g/mol. The van der Waals surface area contributed by atoms with Crippen LogP contribution in [-0.2, 0) is 29.0 Å². The molecule has 2 aliphatic rings. The molecule has 0 saturated heterocycles. The van der Waals surface area contributed by atoms with Crippen LogP contribution in [0.25, 0.3) is 0 Å². The molecule has 1 aliphatic heterocycles. The zero-order valence-corrected chi connectivity index (χ0v) is 21.3. The quantitative estimate of drug-likeness (QED) is 0.334. The van der Waals surface area contributed by atoms with E-state index >= 15 is 0 Å². The highest BCUT2D eigenvalue weighted by Gasteiger charge is 2.30. The number of carbonyl (C=O) groups is 2. The van der Waals surface area contributed by atoms with Crippen molar-refractivity contribution in [2.45, 2.75) is 70.1 Å². The van der Waals surface area contributed by atoms with Crippen LogP contribution in [0.1, 0.15) is 55.3 Å². The van der Waals surface area contributed by atoms with E-state index in [2.05, 4.69) is 27.7 Å². The first-order chi connectivity index (χ1) is 17.5. The minimum Gasteiger partial charge on any atom is -0.480 e. The standard InChI is InChI=1S/C27H35ClN4O4/c28-21-9-6-19(7-10-21)18-36-27(35)31-24(26(33)34)14-17-32(23-12-13-23)16-2-1-5-22-11-8-20-4-3-15-29-25(20)30-22/h6-11,23-24H,1-5,12-18H2,(H,29,30)(H,31,35)(H,33,34). The van der Waals surface area contributed by atoms with Crippen LogP contribution in [0.15, 0.2) is 36.4 Å². The van der Waals surface area contributed by atoms with E-state index in [0.29, 0.717) is 24.0 Å². The minimum atomic E-state index is -1.05. The molecule has 1 saturated carbocycles. The van der Waals surface area contributed by atoms with Crippen LogP contribution in [0.2, 0.25) is 5.02 Å². The number of aromatic nitrogens is 1. The van der Waals surface area contributed by atoms with Gasteiger partial charge in [-0.1, -0.05) is 29.8 Å². The summed E-state index contributed by atoms with van der Waals surface area (Å²) in [7, 11) is 0. The molecule has 36 heavy (non-hydrogen) atoms. The molecular formula is C27H35ClN4O4. The number of pyridine rings is 1. The van der Waals surface area contributed by atoms with Gasteiger partial charge in [-0.25, -0.2) is 14.6 Å². The maximum Gasteiger partial charge on any atom is 0.408 e. The first kappa shape index (κ1) is 26.2. The number of nitrogens with zero attached hydrogens (tertiary/aromatic N) is 2. The van der Waals surface area contributed by atoms with Gasteiger partial charge in [0.2, 0.25) is 0 Å². The van der Waals surface area contributed by atoms with Gasteiger partial charge in [-0.05, 0) is 87.2 Å². The lowest BCUT2D eigenvalue weighted by Crippen LogP contribution is -2.43. The molecule has 1 aliphatic carbocycles. The Labute approximate surface area is 217 Å². The third kappa shape index (κ3) is 8.10. The van der Waals surface area contributed by atoms with Crippen LogP contribution in [0.3, 0.4) is 0 Å². The summed E-state index contributed by atoms with van der Waals surface area (Å²) in [5.41, 5.74) is 3.21. The molecule has 9 heteroatoms. The molecule has 0 radical (unpaired) electrons. The number of hydrogen-bond donors (Lipinski definition) is 3. The summed E-state index contributed by atoms with van der Waals surface area (Å²) < 4.78 is 5.19. The summed E-state index contributed by atoms with van der Waals surface area (Å²) in [4.78, 5) is 31.1. The maximum atomic E-state index is 12.2. The van der Waals surface area contributed by atoms with Crippen LogP contribution >= 0.6 is 11.6 Å². The lowest BCUT2D eigenvalue weighted by molar-refractivity contribution is -0.139. The molecule has 1 atom stereocenters. The van der Waals surface area contributed by atoms with Gasteiger partial charge in [-0.3, -0.25) is 0 Å². The summed E-state index contributed by atoms with van der Waals surface area (Å²) >= 11 is 5.86. The summed E-state index contributed by atoms with van der Waals surface area (Å²) in [5, 5.41) is 16.1. The number of ether oxygens (including phenoxy) is 1. The summed E-state index contributed by atoms with van der Waals surface area (Å²) in [6.45, 7) is 2.59. The Bertz CT molecular complexity index is 1030. The molecule has 1 fully saturated rings. The Kier molecular flexibility index (Phi) is 9.41. The molecule has 0 spiro atoms. The van der Waals surface area contributed by atoms with Crippen molar-refractivity contribution >= 4 is 29.5 Å². The van der Waals surface area contributed by atoms with Crippen LogP contribution < -0.4 is 10.6 Å². The van der Waals surface area contributed by atoms with Crippen molar-refractivity contribution in [2.24, 2.45) is 0 Å². The Balaban J connectivity index is 1.18. The zero-order chi connectivity index (χ0) is 25.3. The molecule has 8 nitrogen and oxygen atoms in total. The number of unbranched alkanes of at least 4 members (excludes halogenated alkanes) is 1. The topological polar surface area (TPSA) is 104 Å². The second-order valence-corrected chi connectivity index (χ2v) is 10.0. The van der Waals surface area contributed by atoms with Crippen molar-refractivity contribution in [3.63, 3.8) is 0 Å². The number of nitrogens with one attached hydrogen (secondary N) is 2. The number of carboxylic acid groups (broad SMARTS) is 1. The highest BCUT2D eigenvalue weighted by molar-refractivity contribution is 6.30. The van der Waals surface area contributed by atoms with Crippen molar-refractivity contribution in [1.29, 1.82) is 0 Å². The first-order valence-electron chi connectivity index (χ1n) is 12.8. The van der Waals surface area contributed by atoms with E-state index in [0.717, 1.165) is 75.1 Å². The smallest absolute Gasteiger partial charge is 0.408 e. The Morgan fingerprint density at radius 1 is 1.17 bits per heavy atom. The molecule has 2 aromatic rings. The van der Waals surface area contributed by atoms with E-state index < -0.39 is 18.1 Å². The highest BCUT2D eigenvalue weighted by atomic mass is 35.5. The predicted octanol–water partition coefficient (Wildman–Crippen LogP) is 4.65. The Morgan fingerprint density at radius 3 is 2.72 bits per heavy atom. The van der Waals surface area contributed by atoms with E-state index in [4.69, 9.17) is 21.3 Å². The normalized spacial score (nSPS) is 15.6. The second-order valence-electron chi connectivity index (χ2n) is 9.59. The van der Waals surface area contributed by atoms with Gasteiger partial charge >= 0.3 is 12.1 Å². The van der Waals surface area contributed by atoms with E-state index in [-0.39, 0.29) is 6.61 Å². The molecule has 194 valence electrons. The molecule has 1 unspecified atom stereocenters. The third-order valence-corrected chi connectivity index (χ3v) is 6.97. The molecular weight excluding hydrogens is 480 g/mol. The largest absolute Gasteiger partial charge is 0.480 e. The number of carboxylic acids is 1. The van der Waals surface area contributed by atoms with Gasteiger partial charge < -0.3 is 25.4 Å². The highest BCUT2D eigenvalue weighted by Crippen LogP contribution is 2.27. The van der Waals surface area contributed by atoms with Gasteiger partial charge in [0.25, 0.3) is 0 Å². The van der Waals surface area contributed by atoms with E-state index in [1.165, 1.54) is 5.56 Å². The fourth-order valence-corrected chi connectivity index (χ4v) is 4.64. The average Bonchev–Trinajstić information content (AvgIpc) is 3.72. The molecule has 2 heterocycles. The molecule has 1 aromatic heterocycles. The number of rotatable bonds is 13. The van der Waals surface area contributed by atoms with Crippen LogP contribution in [0, 0.1) is 0 Å². The maximum absolute atomic E-state index is 12.2. The van der Waals surface area contributed by atoms with Crippen molar-refractivity contribution in [3.8, 4) is 0 Å². The molecule has 4 rings (SSSR count). The van der Waals surface area contributed by atoms with Gasteiger partial charge in [-0.2, -0.15) is 0 Å². The van der Waals surface area contributed by atoms with Crippen molar-refractivity contribution in [2.75, 3.05) is 25.0 Å². The molecule has 3 N–H and O–H groups in total. The van der Waals surface area contributed by atoms with Gasteiger partial charge in [-0.15, -0.1) is 0 Å². The number of carbonyl (C=O) groups excluding carboxylic acids is 1. The second kappa shape index (κ2) is 12.9. The van der Waals surface area contributed by atoms with Crippen molar-refractivity contribution in [3.05, 3.63) is 58.2 Å². The number of halogens is 1. The predicted molar refractivity (Wildman–Crippen MR) is 139 cm³/mol. The van der Waals surface area contributed by atoms with Gasteiger partial charge in [0, 0.05) is 29.8 Å². The fourth-order valence-electron chi connectivity index (χ4n) is 4.51. The number of benzene rings is 1. The van der Waals surface area contributed by atoms with E-state index in [1.807, 2.05) is 0 Å². The number of anilines is 1. The summed E-state index contributed by atoms with van der Waals surface area (Å²) in [6, 6.07) is 10.8. The van der Waals surface area contributed by atoms with Crippen LogP contribution in [0.4, 0.5) is 10.6 Å². The molecule has 1 amide bonds. The van der Waals surface area contributed by atoms with Crippen LogP contribution in [-0.4, -0.2) is 58.8 Å². The monoisotopic (exact) mass is 514 g/mol. The summed E-state index contributed by atoms with van der Waals surface area (Å²) in [6.07, 6.45) is 7.14. The van der Waals surface area contributed by atoms with E-state index in [9.17, 15) is 14.7 Å². The first-order valence-corrected chi connectivity index (χ1v) is 13.2. The summed E-state index contributed by atoms with van der Waals surface area (Å²) in [5.74, 6) is -0.0152. The molecule has 0 bridgehead atoms. The van der Waals surface area contributed by atoms with Gasteiger partial charge in [0.15, 0.2) is 0 Å². The minimum absolute atomic E-state index is 0.0542. The van der Waals surface area contributed by atoms with E-state index in [1.54, 1.807) is 24.3 Å². The number of aliphatic carboxylic acids is 1. The third-order valence-electron chi connectivity index (χ3n) is 6.72. The zero-order valence-electron chi connectivity index (χ0n) is 20.5. The van der Waals surface area contributed by atoms with Gasteiger partial charge in [0.05, 0.1) is 0 Å². The Hall–Kier alpha value is -2.84. The number of fused-ring (bicyclic) bond motifs is 1.